The number of anilines is 1. The Bertz CT molecular complexity index is 1010. The fourth-order valence-electron chi connectivity index (χ4n) is 3.46. The van der Waals surface area contributed by atoms with Crippen LogP contribution in [0.1, 0.15) is 24.2 Å². The van der Waals surface area contributed by atoms with Crippen LogP contribution in [0.15, 0.2) is 59.8 Å². The number of nitrogens with zero attached hydrogens (tertiary/aromatic N) is 3. The second kappa shape index (κ2) is 11.1. The van der Waals surface area contributed by atoms with Gasteiger partial charge in [0.15, 0.2) is 11.0 Å². The van der Waals surface area contributed by atoms with Crippen LogP contribution in [0.4, 0.5) is 10.1 Å². The van der Waals surface area contributed by atoms with Crippen molar-refractivity contribution in [2.75, 3.05) is 17.7 Å². The van der Waals surface area contributed by atoms with Crippen molar-refractivity contribution >= 4 is 23.4 Å². The molecule has 1 amide bonds. The minimum Gasteiger partial charge on any atom is -0.378 e. The Morgan fingerprint density at radius 1 is 1.12 bits per heavy atom. The minimum atomic E-state index is -0.277. The Kier molecular flexibility index (Phi) is 7.73. The molecule has 7 nitrogen and oxygen atoms in total. The van der Waals surface area contributed by atoms with Crippen LogP contribution in [0, 0.1) is 5.82 Å². The highest BCUT2D eigenvalue weighted by Gasteiger charge is 2.21. The number of hydrogen-bond donors (Lipinski definition) is 2. The standard InChI is InChI=1S/C23H26FN5O2S/c24-18-8-10-19(11-9-18)25-14-21-27-28-23(29(21)15-20-7-4-12-31-20)32-16-22(30)26-13-17-5-2-1-3-6-17/h1-3,5-6,8-11,20,25H,4,7,12-16H2,(H,26,30)/t20-/m0/s1. The Hall–Kier alpha value is -2.91. The zero-order valence-corrected chi connectivity index (χ0v) is 18.5. The van der Waals surface area contributed by atoms with Crippen LogP contribution in [0.5, 0.6) is 0 Å². The number of hydrogen-bond acceptors (Lipinski definition) is 6. The van der Waals surface area contributed by atoms with E-state index in [4.69, 9.17) is 4.74 Å². The number of rotatable bonds is 10. The largest absolute Gasteiger partial charge is 0.378 e. The number of ether oxygens (including phenoxy) is 1. The topological polar surface area (TPSA) is 81.1 Å². The van der Waals surface area contributed by atoms with Crippen LogP contribution >= 0.6 is 11.8 Å². The average molecular weight is 456 g/mol. The van der Waals surface area contributed by atoms with Gasteiger partial charge in [-0.15, -0.1) is 10.2 Å². The number of aromatic nitrogens is 3. The second-order valence-corrected chi connectivity index (χ2v) is 8.50. The summed E-state index contributed by atoms with van der Waals surface area (Å²) in [7, 11) is 0. The van der Waals surface area contributed by atoms with Gasteiger partial charge in [0, 0.05) is 18.8 Å². The fraction of sp³-hybridized carbons (Fsp3) is 0.348. The molecule has 1 aliphatic heterocycles. The summed E-state index contributed by atoms with van der Waals surface area (Å²) < 4.78 is 21.0. The summed E-state index contributed by atoms with van der Waals surface area (Å²) in [5, 5.41) is 15.5. The monoisotopic (exact) mass is 455 g/mol. The van der Waals surface area contributed by atoms with Gasteiger partial charge in [-0.05, 0) is 42.7 Å². The van der Waals surface area contributed by atoms with Crippen molar-refractivity contribution in [2.45, 2.75) is 43.7 Å². The maximum atomic E-state index is 13.1. The lowest BCUT2D eigenvalue weighted by Gasteiger charge is -2.15. The van der Waals surface area contributed by atoms with Gasteiger partial charge >= 0.3 is 0 Å². The minimum absolute atomic E-state index is 0.0588. The number of halogens is 1. The molecule has 1 aliphatic rings. The fourth-order valence-corrected chi connectivity index (χ4v) is 4.25. The molecule has 1 aromatic heterocycles. The number of thioether (sulfide) groups is 1. The molecule has 0 bridgehead atoms. The van der Waals surface area contributed by atoms with E-state index < -0.39 is 0 Å². The SMILES string of the molecule is O=C(CSc1nnc(CNc2ccc(F)cc2)n1C[C@@H]1CCCO1)NCc1ccccc1. The molecule has 2 N–H and O–H groups in total. The number of amides is 1. The van der Waals surface area contributed by atoms with Crippen molar-refractivity contribution in [3.8, 4) is 0 Å². The van der Waals surface area contributed by atoms with Crippen LogP contribution in [0.3, 0.4) is 0 Å². The van der Waals surface area contributed by atoms with E-state index in [9.17, 15) is 9.18 Å². The Morgan fingerprint density at radius 3 is 2.69 bits per heavy atom. The Balaban J connectivity index is 1.37. The molecule has 9 heteroatoms. The number of carbonyl (C=O) groups is 1. The highest BCUT2D eigenvalue weighted by Crippen LogP contribution is 2.22. The summed E-state index contributed by atoms with van der Waals surface area (Å²) >= 11 is 1.36. The van der Waals surface area contributed by atoms with Gasteiger partial charge in [-0.2, -0.15) is 0 Å². The first-order valence-electron chi connectivity index (χ1n) is 10.6. The first kappa shape index (κ1) is 22.3. The molecule has 3 aromatic rings. The van der Waals surface area contributed by atoms with E-state index in [1.807, 2.05) is 34.9 Å². The van der Waals surface area contributed by atoms with E-state index >= 15 is 0 Å². The van der Waals surface area contributed by atoms with Crippen molar-refractivity contribution in [2.24, 2.45) is 0 Å². The third-order valence-electron chi connectivity index (χ3n) is 5.16. The second-order valence-electron chi connectivity index (χ2n) is 7.56. The van der Waals surface area contributed by atoms with E-state index in [1.54, 1.807) is 12.1 Å². The zero-order valence-electron chi connectivity index (χ0n) is 17.7. The van der Waals surface area contributed by atoms with Gasteiger partial charge in [-0.25, -0.2) is 4.39 Å². The maximum absolute atomic E-state index is 13.1. The summed E-state index contributed by atoms with van der Waals surface area (Å²) in [4.78, 5) is 12.3. The lowest BCUT2D eigenvalue weighted by Crippen LogP contribution is -2.25. The highest BCUT2D eigenvalue weighted by atomic mass is 32.2. The average Bonchev–Trinajstić information content (AvgIpc) is 3.47. The predicted molar refractivity (Wildman–Crippen MR) is 122 cm³/mol. The van der Waals surface area contributed by atoms with E-state index in [1.165, 1.54) is 23.9 Å². The van der Waals surface area contributed by atoms with E-state index in [0.29, 0.717) is 24.8 Å². The third-order valence-corrected chi connectivity index (χ3v) is 6.13. The summed E-state index contributed by atoms with van der Waals surface area (Å²) in [5.74, 6) is 0.664. The van der Waals surface area contributed by atoms with Crippen LogP contribution in [-0.4, -0.2) is 39.1 Å². The highest BCUT2D eigenvalue weighted by molar-refractivity contribution is 7.99. The smallest absolute Gasteiger partial charge is 0.230 e. The Labute approximate surface area is 190 Å². The molecule has 32 heavy (non-hydrogen) atoms. The van der Waals surface area contributed by atoms with Gasteiger partial charge < -0.3 is 19.9 Å². The molecule has 0 unspecified atom stereocenters. The van der Waals surface area contributed by atoms with Crippen LogP contribution in [0.25, 0.3) is 0 Å². The third kappa shape index (κ3) is 6.30. The summed E-state index contributed by atoms with van der Waals surface area (Å²) in [6.07, 6.45) is 2.15. The molecule has 1 atom stereocenters. The normalized spacial score (nSPS) is 15.6. The molecule has 2 heterocycles. The zero-order chi connectivity index (χ0) is 22.2. The van der Waals surface area contributed by atoms with Gasteiger partial charge in [-0.1, -0.05) is 42.1 Å². The molecular weight excluding hydrogens is 429 g/mol. The van der Waals surface area contributed by atoms with Crippen molar-refractivity contribution in [3.05, 3.63) is 71.8 Å². The summed E-state index contributed by atoms with van der Waals surface area (Å²) in [6, 6.07) is 16.0. The van der Waals surface area contributed by atoms with Gasteiger partial charge in [0.05, 0.1) is 24.9 Å². The molecule has 0 saturated carbocycles. The molecule has 0 aliphatic carbocycles. The van der Waals surface area contributed by atoms with Gasteiger partial charge in [0.1, 0.15) is 5.82 Å². The van der Waals surface area contributed by atoms with E-state index in [2.05, 4.69) is 20.8 Å². The molecular formula is C23H26FN5O2S. The quantitative estimate of drug-likeness (QED) is 0.455. The van der Waals surface area contributed by atoms with E-state index in [-0.39, 0.29) is 23.6 Å². The van der Waals surface area contributed by atoms with Crippen molar-refractivity contribution in [1.29, 1.82) is 0 Å². The predicted octanol–water partition coefficient (Wildman–Crippen LogP) is 3.62. The molecule has 0 spiro atoms. The van der Waals surface area contributed by atoms with Crippen LogP contribution in [-0.2, 0) is 29.2 Å². The first-order valence-corrected chi connectivity index (χ1v) is 11.6. The van der Waals surface area contributed by atoms with Gasteiger partial charge in [-0.3, -0.25) is 4.79 Å². The van der Waals surface area contributed by atoms with Gasteiger partial charge in [0.2, 0.25) is 5.91 Å². The van der Waals surface area contributed by atoms with Crippen molar-refractivity contribution in [3.63, 3.8) is 0 Å². The number of benzene rings is 2. The van der Waals surface area contributed by atoms with Crippen molar-refractivity contribution in [1.82, 2.24) is 20.1 Å². The lowest BCUT2D eigenvalue weighted by atomic mass is 10.2. The molecule has 168 valence electrons. The van der Waals surface area contributed by atoms with Crippen LogP contribution < -0.4 is 10.6 Å². The van der Waals surface area contributed by atoms with Gasteiger partial charge in [0.25, 0.3) is 0 Å². The van der Waals surface area contributed by atoms with Crippen LogP contribution in [0.2, 0.25) is 0 Å². The number of carbonyl (C=O) groups excluding carboxylic acids is 1. The first-order chi connectivity index (χ1) is 15.7. The van der Waals surface area contributed by atoms with E-state index in [0.717, 1.165) is 36.5 Å². The lowest BCUT2D eigenvalue weighted by molar-refractivity contribution is -0.118. The molecule has 0 radical (unpaired) electrons. The summed E-state index contributed by atoms with van der Waals surface area (Å²) in [5.41, 5.74) is 1.86. The molecule has 4 rings (SSSR count). The summed E-state index contributed by atoms with van der Waals surface area (Å²) in [6.45, 7) is 2.34. The molecule has 1 saturated heterocycles. The Morgan fingerprint density at radius 2 is 1.94 bits per heavy atom. The molecule has 2 aromatic carbocycles. The molecule has 1 fully saturated rings. The maximum Gasteiger partial charge on any atom is 0.230 e. The van der Waals surface area contributed by atoms with Crippen molar-refractivity contribution < 1.29 is 13.9 Å². The number of nitrogens with one attached hydrogen (secondary N) is 2.